The lowest BCUT2D eigenvalue weighted by Gasteiger charge is -2.14. The molecule has 0 fully saturated rings. The molecule has 3 heterocycles. The fourth-order valence-corrected chi connectivity index (χ4v) is 3.22. The number of fused-ring (bicyclic) bond motifs is 1. The minimum absolute atomic E-state index is 0.0418. The van der Waals surface area contributed by atoms with Crippen molar-refractivity contribution in [1.29, 1.82) is 0 Å². The second-order valence-electron chi connectivity index (χ2n) is 5.41. The average molecular weight is 380 g/mol. The van der Waals surface area contributed by atoms with E-state index in [9.17, 15) is 0 Å². The van der Waals surface area contributed by atoms with Gasteiger partial charge >= 0.3 is 0 Å². The summed E-state index contributed by atoms with van der Waals surface area (Å²) in [5.74, 6) is 0. The minimum Gasteiger partial charge on any atom is -0.346 e. The number of benzene rings is 1. The zero-order valence-electron chi connectivity index (χ0n) is 12.7. The maximum Gasteiger partial charge on any atom is 0.141 e. The molecule has 0 aliphatic carbocycles. The van der Waals surface area contributed by atoms with Crippen molar-refractivity contribution in [3.63, 3.8) is 0 Å². The third-order valence-electron chi connectivity index (χ3n) is 3.93. The number of nitrogens with one attached hydrogen (secondary N) is 1. The quantitative estimate of drug-likeness (QED) is 0.535. The van der Waals surface area contributed by atoms with Gasteiger partial charge in [-0.1, -0.05) is 34.1 Å². The van der Waals surface area contributed by atoms with Gasteiger partial charge in [-0.3, -0.25) is 4.68 Å². The number of hydrogen-bond acceptors (Lipinski definition) is 3. The summed E-state index contributed by atoms with van der Waals surface area (Å²) in [5, 5.41) is 5.50. The van der Waals surface area contributed by atoms with Crippen LogP contribution in [0.25, 0.3) is 22.3 Å². The molecule has 1 atom stereocenters. The Labute approximate surface area is 147 Å². The Morgan fingerprint density at radius 3 is 3.00 bits per heavy atom. The molecule has 0 aliphatic rings. The molecule has 0 saturated heterocycles. The molecule has 118 valence electrons. The minimum atomic E-state index is -0.0418. The first-order valence-corrected chi connectivity index (χ1v) is 8.26. The van der Waals surface area contributed by atoms with Crippen LogP contribution in [-0.2, 0) is 0 Å². The van der Waals surface area contributed by atoms with Crippen molar-refractivity contribution in [2.75, 3.05) is 0 Å². The molecule has 24 heavy (non-hydrogen) atoms. The molecule has 4 rings (SSSR count). The fraction of sp³-hybridized carbons (Fsp3) is 0.0556. The molecule has 1 N–H and O–H groups in total. The van der Waals surface area contributed by atoms with E-state index in [1.54, 1.807) is 6.33 Å². The maximum absolute atomic E-state index is 4.52. The predicted molar refractivity (Wildman–Crippen MR) is 97.6 cm³/mol. The highest BCUT2D eigenvalue weighted by Gasteiger charge is 2.14. The van der Waals surface area contributed by atoms with Crippen molar-refractivity contribution in [2.24, 2.45) is 0 Å². The number of aromatic amines is 1. The molecule has 0 aliphatic heterocycles. The molecular weight excluding hydrogens is 366 g/mol. The van der Waals surface area contributed by atoms with E-state index in [0.29, 0.717) is 0 Å². The summed E-state index contributed by atoms with van der Waals surface area (Å²) >= 11 is 3.51. The molecule has 1 unspecified atom stereocenters. The molecule has 0 saturated carbocycles. The van der Waals surface area contributed by atoms with Crippen LogP contribution in [0.3, 0.4) is 0 Å². The van der Waals surface area contributed by atoms with Gasteiger partial charge in [0.25, 0.3) is 0 Å². The number of halogens is 1. The molecule has 0 spiro atoms. The van der Waals surface area contributed by atoms with Gasteiger partial charge in [-0.2, -0.15) is 5.10 Å². The summed E-state index contributed by atoms with van der Waals surface area (Å²) in [5.41, 5.74) is 3.75. The lowest BCUT2D eigenvalue weighted by molar-refractivity contribution is 0.612. The van der Waals surface area contributed by atoms with E-state index < -0.39 is 0 Å². The van der Waals surface area contributed by atoms with Gasteiger partial charge in [0.15, 0.2) is 0 Å². The highest BCUT2D eigenvalue weighted by molar-refractivity contribution is 9.10. The van der Waals surface area contributed by atoms with Crippen LogP contribution in [0, 0.1) is 0 Å². The van der Waals surface area contributed by atoms with E-state index in [1.807, 2.05) is 47.5 Å². The summed E-state index contributed by atoms with van der Waals surface area (Å²) in [4.78, 5) is 11.7. The molecule has 0 amide bonds. The molecule has 6 heteroatoms. The Hall–Kier alpha value is -2.73. The van der Waals surface area contributed by atoms with Crippen LogP contribution in [0.15, 0.2) is 72.4 Å². The predicted octanol–water partition coefficient (Wildman–Crippen LogP) is 4.36. The standard InChI is InChI=1S/C18H14BrN5/c1-2-16(12-4-3-5-14(19)8-12)24-10-13(9-23-24)17-15-6-7-20-18(15)22-11-21-17/h2-11,16H,1H2,(H,20,21,22). The van der Waals surface area contributed by atoms with Crippen molar-refractivity contribution >= 4 is 27.0 Å². The smallest absolute Gasteiger partial charge is 0.141 e. The van der Waals surface area contributed by atoms with Gasteiger partial charge in [0.05, 0.1) is 17.9 Å². The molecule has 1 aromatic carbocycles. The lowest BCUT2D eigenvalue weighted by Crippen LogP contribution is -2.08. The topological polar surface area (TPSA) is 59.4 Å². The van der Waals surface area contributed by atoms with Crippen molar-refractivity contribution in [2.45, 2.75) is 6.04 Å². The van der Waals surface area contributed by atoms with Crippen molar-refractivity contribution < 1.29 is 0 Å². The summed E-state index contributed by atoms with van der Waals surface area (Å²) in [6.07, 6.45) is 9.11. The zero-order chi connectivity index (χ0) is 16.5. The average Bonchev–Trinajstić information content (AvgIpc) is 3.24. The molecule has 4 aromatic rings. The molecule has 3 aromatic heterocycles. The number of rotatable bonds is 4. The zero-order valence-corrected chi connectivity index (χ0v) is 14.3. The SMILES string of the molecule is C=CC(c1cccc(Br)c1)n1cc(-c2ncnc3[nH]ccc23)cn1. The lowest BCUT2D eigenvalue weighted by atomic mass is 10.1. The van der Waals surface area contributed by atoms with E-state index in [0.717, 1.165) is 32.3 Å². The second-order valence-corrected chi connectivity index (χ2v) is 6.32. The van der Waals surface area contributed by atoms with Gasteiger partial charge in [0.2, 0.25) is 0 Å². The Morgan fingerprint density at radius 1 is 1.25 bits per heavy atom. The maximum atomic E-state index is 4.52. The summed E-state index contributed by atoms with van der Waals surface area (Å²) in [7, 11) is 0. The van der Waals surface area contributed by atoms with Crippen LogP contribution in [0.1, 0.15) is 11.6 Å². The first kappa shape index (κ1) is 14.8. The number of nitrogens with zero attached hydrogens (tertiary/aromatic N) is 4. The fourth-order valence-electron chi connectivity index (χ4n) is 2.80. The third-order valence-corrected chi connectivity index (χ3v) is 4.42. The number of allylic oxidation sites excluding steroid dienone is 1. The highest BCUT2D eigenvalue weighted by Crippen LogP contribution is 2.27. The summed E-state index contributed by atoms with van der Waals surface area (Å²) in [6, 6.07) is 10.1. The van der Waals surface area contributed by atoms with E-state index >= 15 is 0 Å². The Balaban J connectivity index is 1.76. The van der Waals surface area contributed by atoms with Crippen molar-refractivity contribution in [1.82, 2.24) is 24.7 Å². The number of aromatic nitrogens is 5. The number of H-pyrrole nitrogens is 1. The Morgan fingerprint density at radius 2 is 2.17 bits per heavy atom. The van der Waals surface area contributed by atoms with Crippen molar-refractivity contribution in [3.8, 4) is 11.3 Å². The normalized spacial score (nSPS) is 12.4. The first-order chi connectivity index (χ1) is 11.8. The van der Waals surface area contributed by atoms with Gasteiger partial charge < -0.3 is 4.98 Å². The van der Waals surface area contributed by atoms with Gasteiger partial charge in [0.1, 0.15) is 12.0 Å². The largest absolute Gasteiger partial charge is 0.346 e. The van der Waals surface area contributed by atoms with Crippen LogP contribution in [-0.4, -0.2) is 24.7 Å². The molecule has 0 bridgehead atoms. The highest BCUT2D eigenvalue weighted by atomic mass is 79.9. The van der Waals surface area contributed by atoms with Crippen LogP contribution in [0.5, 0.6) is 0 Å². The van der Waals surface area contributed by atoms with Crippen LogP contribution in [0.4, 0.5) is 0 Å². The van der Waals surface area contributed by atoms with Crippen LogP contribution in [0.2, 0.25) is 0 Å². The second kappa shape index (κ2) is 6.05. The monoisotopic (exact) mass is 379 g/mol. The van der Waals surface area contributed by atoms with E-state index in [2.05, 4.69) is 54.7 Å². The molecule has 5 nitrogen and oxygen atoms in total. The van der Waals surface area contributed by atoms with Gasteiger partial charge in [-0.05, 0) is 23.8 Å². The van der Waals surface area contributed by atoms with Gasteiger partial charge in [0, 0.05) is 27.8 Å². The first-order valence-electron chi connectivity index (χ1n) is 7.47. The Bertz CT molecular complexity index is 1020. The van der Waals surface area contributed by atoms with E-state index in [-0.39, 0.29) is 6.04 Å². The van der Waals surface area contributed by atoms with Gasteiger partial charge in [-0.25, -0.2) is 9.97 Å². The molecular formula is C18H14BrN5. The Kier molecular flexibility index (Phi) is 3.74. The number of hydrogen-bond donors (Lipinski definition) is 1. The van der Waals surface area contributed by atoms with E-state index in [4.69, 9.17) is 0 Å². The molecule has 0 radical (unpaired) electrons. The van der Waals surface area contributed by atoms with Crippen LogP contribution >= 0.6 is 15.9 Å². The summed E-state index contributed by atoms with van der Waals surface area (Å²) < 4.78 is 2.93. The van der Waals surface area contributed by atoms with Crippen molar-refractivity contribution in [3.05, 3.63) is 77.9 Å². The van der Waals surface area contributed by atoms with Gasteiger partial charge in [-0.15, -0.1) is 6.58 Å². The van der Waals surface area contributed by atoms with Crippen LogP contribution < -0.4 is 0 Å². The third kappa shape index (κ3) is 2.55. The van der Waals surface area contributed by atoms with E-state index in [1.165, 1.54) is 0 Å². The summed E-state index contributed by atoms with van der Waals surface area (Å²) in [6.45, 7) is 3.96.